The molecule has 1 aromatic rings. The quantitative estimate of drug-likeness (QED) is 0.692. The monoisotopic (exact) mass is 458 g/mol. The molecule has 184 valence electrons. The highest BCUT2D eigenvalue weighted by atomic mass is 19.1. The van der Waals surface area contributed by atoms with Crippen LogP contribution in [0.4, 0.5) is 10.1 Å². The Morgan fingerprint density at radius 1 is 1.03 bits per heavy atom. The predicted octanol–water partition coefficient (Wildman–Crippen LogP) is 4.23. The zero-order chi connectivity index (χ0) is 23.8. The first kappa shape index (κ1) is 24.5. The highest BCUT2D eigenvalue weighted by Gasteiger charge is 2.53. The first-order valence-electron chi connectivity index (χ1n) is 12.8. The highest BCUT2D eigenvalue weighted by Crippen LogP contribution is 2.53. The van der Waals surface area contributed by atoms with Crippen LogP contribution < -0.4 is 10.2 Å². The van der Waals surface area contributed by atoms with E-state index in [1.165, 1.54) is 45.2 Å². The number of rotatable bonds is 6. The molecular weight excluding hydrogens is 415 g/mol. The molecule has 0 spiro atoms. The normalized spacial score (nSPS) is 24.5. The van der Waals surface area contributed by atoms with Gasteiger partial charge in [0.15, 0.2) is 0 Å². The Labute approximate surface area is 199 Å². The van der Waals surface area contributed by atoms with Gasteiger partial charge in [-0.25, -0.2) is 4.39 Å². The summed E-state index contributed by atoms with van der Waals surface area (Å²) >= 11 is 0. The van der Waals surface area contributed by atoms with Crippen molar-refractivity contribution in [3.8, 4) is 0 Å². The number of halogens is 1. The van der Waals surface area contributed by atoms with Crippen LogP contribution in [0.25, 0.3) is 0 Å². The van der Waals surface area contributed by atoms with Gasteiger partial charge in [-0.2, -0.15) is 0 Å². The fourth-order valence-corrected chi connectivity index (χ4v) is 6.71. The van der Waals surface area contributed by atoms with E-state index in [2.05, 4.69) is 54.8 Å². The lowest BCUT2D eigenvalue weighted by Crippen LogP contribution is -2.63. The number of likely N-dealkylation sites (N-methyl/N-ethyl adjacent to an activating group) is 1. The molecule has 0 aromatic heterocycles. The van der Waals surface area contributed by atoms with Gasteiger partial charge < -0.3 is 20.0 Å². The number of nitrogens with one attached hydrogen (secondary N) is 1. The summed E-state index contributed by atoms with van der Waals surface area (Å²) in [5.41, 5.74) is 1.20. The van der Waals surface area contributed by atoms with Crippen molar-refractivity contribution < 1.29 is 9.18 Å². The molecule has 2 heterocycles. The average Bonchev–Trinajstić information content (AvgIpc) is 2.76. The lowest BCUT2D eigenvalue weighted by molar-refractivity contribution is -0.0366. The van der Waals surface area contributed by atoms with Gasteiger partial charge in [-0.15, -0.1) is 0 Å². The van der Waals surface area contributed by atoms with Gasteiger partial charge in [0, 0.05) is 50.9 Å². The minimum Gasteiger partial charge on any atom is -0.369 e. The summed E-state index contributed by atoms with van der Waals surface area (Å²) in [4.78, 5) is 20.0. The average molecular weight is 459 g/mol. The molecule has 3 aliphatic rings. The van der Waals surface area contributed by atoms with Crippen molar-refractivity contribution in [2.24, 2.45) is 16.7 Å². The fraction of sp³-hybridized carbons (Fsp3) is 0.741. The van der Waals surface area contributed by atoms with E-state index < -0.39 is 0 Å². The van der Waals surface area contributed by atoms with Gasteiger partial charge >= 0.3 is 0 Å². The second kappa shape index (κ2) is 9.53. The number of nitrogens with zero attached hydrogens (tertiary/aromatic N) is 3. The highest BCUT2D eigenvalue weighted by molar-refractivity contribution is 5.95. The van der Waals surface area contributed by atoms with E-state index in [9.17, 15) is 4.79 Å². The number of anilines is 1. The summed E-state index contributed by atoms with van der Waals surface area (Å²) in [6, 6.07) is 5.10. The molecule has 1 aromatic carbocycles. The fourth-order valence-electron chi connectivity index (χ4n) is 6.71. The first-order valence-corrected chi connectivity index (χ1v) is 12.8. The SMILES string of the molecule is CN1CCN(CCC2CCN(c3ccc(C(=O)NC4C(C)(C)CC4(C)C)cc3F)CC2)CC1. The molecule has 0 atom stereocenters. The lowest BCUT2D eigenvalue weighted by Gasteiger charge is -2.57. The minimum absolute atomic E-state index is 0.0757. The molecule has 33 heavy (non-hydrogen) atoms. The van der Waals surface area contributed by atoms with Crippen LogP contribution in [-0.2, 0) is 0 Å². The molecular formula is C27H43FN4O. The van der Waals surface area contributed by atoms with E-state index >= 15 is 4.39 Å². The summed E-state index contributed by atoms with van der Waals surface area (Å²) in [6.07, 6.45) is 4.54. The standard InChI is InChI=1S/C27H43FN4O/c1-26(2)19-27(3,4)25(26)29-24(33)21-6-7-23(22(28)18-21)32-12-9-20(10-13-32)8-11-31-16-14-30(5)15-17-31/h6-7,18,20,25H,8-17,19H2,1-5H3,(H,29,33). The van der Waals surface area contributed by atoms with Crippen molar-refractivity contribution in [3.63, 3.8) is 0 Å². The first-order chi connectivity index (χ1) is 15.5. The summed E-state index contributed by atoms with van der Waals surface area (Å²) in [5, 5.41) is 3.16. The van der Waals surface area contributed by atoms with Gasteiger partial charge in [-0.05, 0) is 74.2 Å². The molecule has 2 aliphatic heterocycles. The van der Waals surface area contributed by atoms with E-state index in [-0.39, 0.29) is 28.6 Å². The molecule has 4 rings (SSSR count). The van der Waals surface area contributed by atoms with Gasteiger partial charge in [0.2, 0.25) is 0 Å². The molecule has 1 amide bonds. The van der Waals surface area contributed by atoms with Crippen LogP contribution in [0.15, 0.2) is 18.2 Å². The van der Waals surface area contributed by atoms with E-state index in [1.54, 1.807) is 12.1 Å². The van der Waals surface area contributed by atoms with Gasteiger partial charge in [0.25, 0.3) is 5.91 Å². The van der Waals surface area contributed by atoms with Gasteiger partial charge in [0.05, 0.1) is 5.69 Å². The molecule has 1 N–H and O–H groups in total. The molecule has 3 fully saturated rings. The van der Waals surface area contributed by atoms with Crippen LogP contribution >= 0.6 is 0 Å². The second-order valence-corrected chi connectivity index (χ2v) is 12.1. The van der Waals surface area contributed by atoms with Crippen molar-refractivity contribution in [1.82, 2.24) is 15.1 Å². The van der Waals surface area contributed by atoms with Crippen LogP contribution in [0.3, 0.4) is 0 Å². The third-order valence-corrected chi connectivity index (χ3v) is 8.36. The molecule has 6 heteroatoms. The van der Waals surface area contributed by atoms with Crippen LogP contribution in [-0.4, -0.2) is 74.6 Å². The molecule has 0 radical (unpaired) electrons. The molecule has 2 saturated heterocycles. The zero-order valence-corrected chi connectivity index (χ0v) is 21.3. The Morgan fingerprint density at radius 2 is 1.67 bits per heavy atom. The molecule has 1 saturated carbocycles. The van der Waals surface area contributed by atoms with Gasteiger partial charge in [-0.3, -0.25) is 4.79 Å². The number of hydrogen-bond acceptors (Lipinski definition) is 4. The zero-order valence-electron chi connectivity index (χ0n) is 21.3. The molecule has 0 bridgehead atoms. The molecule has 5 nitrogen and oxygen atoms in total. The van der Waals surface area contributed by atoms with Crippen LogP contribution in [0.2, 0.25) is 0 Å². The maximum Gasteiger partial charge on any atom is 0.251 e. The van der Waals surface area contributed by atoms with E-state index in [0.29, 0.717) is 11.3 Å². The Bertz CT molecular complexity index is 825. The second-order valence-electron chi connectivity index (χ2n) is 12.1. The number of carbonyl (C=O) groups excluding carboxylic acids is 1. The predicted molar refractivity (Wildman–Crippen MR) is 133 cm³/mol. The van der Waals surface area contributed by atoms with Crippen LogP contribution in [0, 0.1) is 22.6 Å². The third-order valence-electron chi connectivity index (χ3n) is 8.36. The summed E-state index contributed by atoms with van der Waals surface area (Å²) in [5.74, 6) is 0.266. The van der Waals surface area contributed by atoms with Crippen molar-refractivity contribution in [2.45, 2.75) is 59.4 Å². The largest absolute Gasteiger partial charge is 0.369 e. The van der Waals surface area contributed by atoms with E-state index in [1.807, 2.05) is 0 Å². The van der Waals surface area contributed by atoms with Crippen LogP contribution in [0.5, 0.6) is 0 Å². The smallest absolute Gasteiger partial charge is 0.251 e. The van der Waals surface area contributed by atoms with Crippen molar-refractivity contribution in [3.05, 3.63) is 29.6 Å². The number of hydrogen-bond donors (Lipinski definition) is 1. The molecule has 1 aliphatic carbocycles. The molecule has 0 unspecified atom stereocenters. The number of piperidine rings is 1. The summed E-state index contributed by atoms with van der Waals surface area (Å²) < 4.78 is 15.0. The Balaban J connectivity index is 1.28. The van der Waals surface area contributed by atoms with Crippen molar-refractivity contribution >= 4 is 11.6 Å². The Kier molecular flexibility index (Phi) is 7.07. The van der Waals surface area contributed by atoms with Gasteiger partial charge in [-0.1, -0.05) is 27.7 Å². The number of amides is 1. The topological polar surface area (TPSA) is 38.8 Å². The number of carbonyl (C=O) groups is 1. The van der Waals surface area contributed by atoms with E-state index in [0.717, 1.165) is 38.3 Å². The number of benzene rings is 1. The minimum atomic E-state index is -0.286. The lowest BCUT2D eigenvalue weighted by atomic mass is 9.52. The Hall–Kier alpha value is -1.66. The van der Waals surface area contributed by atoms with Gasteiger partial charge in [0.1, 0.15) is 5.82 Å². The van der Waals surface area contributed by atoms with Crippen molar-refractivity contribution in [1.29, 1.82) is 0 Å². The number of piperazine rings is 1. The van der Waals surface area contributed by atoms with Crippen molar-refractivity contribution in [2.75, 3.05) is 57.8 Å². The summed E-state index contributed by atoms with van der Waals surface area (Å²) in [6.45, 7) is 16.4. The maximum atomic E-state index is 15.0. The maximum absolute atomic E-state index is 15.0. The Morgan fingerprint density at radius 3 is 2.24 bits per heavy atom. The van der Waals surface area contributed by atoms with E-state index in [4.69, 9.17) is 0 Å². The van der Waals surface area contributed by atoms with Crippen LogP contribution in [0.1, 0.15) is 63.7 Å². The summed E-state index contributed by atoms with van der Waals surface area (Å²) in [7, 11) is 2.20. The third kappa shape index (κ3) is 5.54.